The van der Waals surface area contributed by atoms with Crippen molar-refractivity contribution in [3.05, 3.63) is 112 Å². The Kier molecular flexibility index (Phi) is 6.51. The average molecular weight is 484 g/mol. The summed E-state index contributed by atoms with van der Waals surface area (Å²) in [6.07, 6.45) is 1.63. The van der Waals surface area contributed by atoms with Gasteiger partial charge in [0.2, 0.25) is 5.90 Å². The Morgan fingerprint density at radius 1 is 0.943 bits per heavy atom. The van der Waals surface area contributed by atoms with Gasteiger partial charge in [0.25, 0.3) is 0 Å². The fraction of sp³-hybridized carbons (Fsp3) is 0.103. The minimum absolute atomic E-state index is 0.185. The molecule has 4 aromatic rings. The average Bonchev–Trinajstić information content (AvgIpc) is 3.23. The molecule has 0 aliphatic carbocycles. The van der Waals surface area contributed by atoms with E-state index in [2.05, 4.69) is 4.99 Å². The third-order valence-corrected chi connectivity index (χ3v) is 5.78. The predicted octanol–water partition coefficient (Wildman–Crippen LogP) is 6.82. The minimum atomic E-state index is -0.522. The number of aliphatic imine (C=N–C) groups is 1. The molecule has 0 N–H and O–H groups in total. The minimum Gasteiger partial charge on any atom is -0.490 e. The number of hydrogen-bond acceptors (Lipinski definition) is 5. The first-order valence-electron chi connectivity index (χ1n) is 11.3. The van der Waals surface area contributed by atoms with E-state index in [1.165, 1.54) is 0 Å². The maximum absolute atomic E-state index is 12.6. The van der Waals surface area contributed by atoms with Gasteiger partial charge in [-0.3, -0.25) is 0 Å². The van der Waals surface area contributed by atoms with Crippen LogP contribution in [0.25, 0.3) is 16.8 Å². The van der Waals surface area contributed by atoms with E-state index in [0.717, 1.165) is 21.9 Å². The van der Waals surface area contributed by atoms with Gasteiger partial charge in [0.05, 0.1) is 11.6 Å². The summed E-state index contributed by atoms with van der Waals surface area (Å²) in [4.78, 5) is 17.1. The van der Waals surface area contributed by atoms with E-state index in [9.17, 15) is 4.79 Å². The van der Waals surface area contributed by atoms with Gasteiger partial charge in [0.15, 0.2) is 17.2 Å². The molecule has 1 aliphatic rings. The van der Waals surface area contributed by atoms with Gasteiger partial charge in [0, 0.05) is 5.56 Å². The van der Waals surface area contributed by atoms with Gasteiger partial charge in [-0.05, 0) is 53.1 Å². The smallest absolute Gasteiger partial charge is 0.363 e. The summed E-state index contributed by atoms with van der Waals surface area (Å²) < 4.78 is 17.3. The Morgan fingerprint density at radius 3 is 2.54 bits per heavy atom. The van der Waals surface area contributed by atoms with Crippen LogP contribution in [0.1, 0.15) is 23.6 Å². The largest absolute Gasteiger partial charge is 0.490 e. The zero-order valence-electron chi connectivity index (χ0n) is 19.0. The fourth-order valence-corrected chi connectivity index (χ4v) is 4.17. The van der Waals surface area contributed by atoms with Crippen molar-refractivity contribution in [2.75, 3.05) is 6.61 Å². The number of fused-ring (bicyclic) bond motifs is 1. The lowest BCUT2D eigenvalue weighted by Gasteiger charge is -2.14. The lowest BCUT2D eigenvalue weighted by molar-refractivity contribution is -0.129. The molecule has 0 unspecified atom stereocenters. The van der Waals surface area contributed by atoms with Gasteiger partial charge in [-0.2, -0.15) is 0 Å². The summed E-state index contributed by atoms with van der Waals surface area (Å²) in [5.41, 5.74) is 2.61. The molecule has 0 fully saturated rings. The summed E-state index contributed by atoms with van der Waals surface area (Å²) in [7, 11) is 0. The highest BCUT2D eigenvalue weighted by Crippen LogP contribution is 2.38. The molecule has 174 valence electrons. The molecular weight excluding hydrogens is 462 g/mol. The number of benzene rings is 4. The van der Waals surface area contributed by atoms with Crippen LogP contribution in [0.3, 0.4) is 0 Å². The third-order valence-electron chi connectivity index (χ3n) is 5.50. The third kappa shape index (κ3) is 4.91. The molecule has 0 radical (unpaired) electrons. The van der Waals surface area contributed by atoms with Gasteiger partial charge in [0.1, 0.15) is 6.61 Å². The molecule has 0 atom stereocenters. The maximum atomic E-state index is 12.6. The highest BCUT2D eigenvalue weighted by Gasteiger charge is 2.25. The van der Waals surface area contributed by atoms with Gasteiger partial charge < -0.3 is 14.2 Å². The molecule has 0 saturated carbocycles. The number of esters is 1. The molecule has 6 heteroatoms. The summed E-state index contributed by atoms with van der Waals surface area (Å²) in [6, 6.07) is 27.0. The van der Waals surface area contributed by atoms with Gasteiger partial charge >= 0.3 is 5.97 Å². The lowest BCUT2D eigenvalue weighted by atomic mass is 10.0. The van der Waals surface area contributed by atoms with Gasteiger partial charge in [-0.1, -0.05) is 78.3 Å². The second-order valence-electron chi connectivity index (χ2n) is 7.90. The Hall–Kier alpha value is -4.09. The van der Waals surface area contributed by atoms with E-state index in [1.807, 2.05) is 79.7 Å². The van der Waals surface area contributed by atoms with Crippen molar-refractivity contribution >= 4 is 40.3 Å². The number of cyclic esters (lactones) is 1. The Balaban J connectivity index is 1.46. The van der Waals surface area contributed by atoms with Crippen LogP contribution in [0.5, 0.6) is 11.5 Å². The molecule has 0 saturated heterocycles. The standard InChI is InChI=1S/C29H22ClNO4/c1-2-33-26-17-20(15-24(30)27(26)34-18-19-9-4-3-5-10-19)16-25-29(32)35-28(31-25)23-14-8-12-21-11-6-7-13-22(21)23/h3-17H,2,18H2,1H3/b25-16-. The molecule has 0 bridgehead atoms. The molecule has 4 aromatic carbocycles. The maximum Gasteiger partial charge on any atom is 0.363 e. The van der Waals surface area contributed by atoms with Crippen molar-refractivity contribution in [1.29, 1.82) is 0 Å². The Morgan fingerprint density at radius 2 is 1.71 bits per heavy atom. The first-order chi connectivity index (χ1) is 17.1. The van der Waals surface area contributed by atoms with Crippen LogP contribution >= 0.6 is 11.6 Å². The number of hydrogen-bond donors (Lipinski definition) is 0. The molecule has 0 spiro atoms. The van der Waals surface area contributed by atoms with Crippen LogP contribution in [-0.2, 0) is 16.1 Å². The normalized spacial score (nSPS) is 14.2. The van der Waals surface area contributed by atoms with Crippen LogP contribution in [0, 0.1) is 0 Å². The van der Waals surface area contributed by atoms with Crippen LogP contribution < -0.4 is 9.47 Å². The Bertz CT molecular complexity index is 1460. The van der Waals surface area contributed by atoms with Crippen molar-refractivity contribution in [3.63, 3.8) is 0 Å². The van der Waals surface area contributed by atoms with E-state index in [-0.39, 0.29) is 11.6 Å². The van der Waals surface area contributed by atoms with Crippen LogP contribution in [0.15, 0.2) is 95.6 Å². The second kappa shape index (κ2) is 10.0. The van der Waals surface area contributed by atoms with Crippen LogP contribution in [0.2, 0.25) is 5.02 Å². The van der Waals surface area contributed by atoms with Crippen molar-refractivity contribution in [3.8, 4) is 11.5 Å². The van der Waals surface area contributed by atoms with Crippen molar-refractivity contribution in [1.82, 2.24) is 0 Å². The summed E-state index contributed by atoms with van der Waals surface area (Å²) in [5.74, 6) is 0.698. The molecule has 0 amide bonds. The fourth-order valence-electron chi connectivity index (χ4n) is 3.90. The first kappa shape index (κ1) is 22.7. The molecule has 5 rings (SSSR count). The topological polar surface area (TPSA) is 57.1 Å². The zero-order valence-corrected chi connectivity index (χ0v) is 19.8. The quantitative estimate of drug-likeness (QED) is 0.214. The zero-order chi connectivity index (χ0) is 24.2. The number of ether oxygens (including phenoxy) is 3. The van der Waals surface area contributed by atoms with Crippen molar-refractivity contribution in [2.24, 2.45) is 4.99 Å². The number of nitrogens with zero attached hydrogens (tertiary/aromatic N) is 1. The first-order valence-corrected chi connectivity index (χ1v) is 11.6. The van der Waals surface area contributed by atoms with E-state index < -0.39 is 5.97 Å². The molecule has 0 aromatic heterocycles. The van der Waals surface area contributed by atoms with E-state index in [4.69, 9.17) is 25.8 Å². The molecule has 1 aliphatic heterocycles. The molecule has 35 heavy (non-hydrogen) atoms. The van der Waals surface area contributed by atoms with Crippen LogP contribution in [0.4, 0.5) is 0 Å². The Labute approximate surface area is 208 Å². The van der Waals surface area contributed by atoms with Gasteiger partial charge in [-0.15, -0.1) is 0 Å². The molecular formula is C29H22ClNO4. The summed E-state index contributed by atoms with van der Waals surface area (Å²) in [5, 5.41) is 2.38. The lowest BCUT2D eigenvalue weighted by Crippen LogP contribution is -2.06. The number of carbonyl (C=O) groups excluding carboxylic acids is 1. The number of carbonyl (C=O) groups is 1. The summed E-state index contributed by atoms with van der Waals surface area (Å²) >= 11 is 6.56. The highest BCUT2D eigenvalue weighted by atomic mass is 35.5. The number of rotatable bonds is 7. The van der Waals surface area contributed by atoms with E-state index in [1.54, 1.807) is 18.2 Å². The summed E-state index contributed by atoms with van der Waals surface area (Å²) in [6.45, 7) is 2.67. The predicted molar refractivity (Wildman–Crippen MR) is 138 cm³/mol. The number of halogens is 1. The second-order valence-corrected chi connectivity index (χ2v) is 8.31. The SMILES string of the molecule is CCOc1cc(/C=C2\N=C(c3cccc4ccccc34)OC2=O)cc(Cl)c1OCc1ccccc1. The van der Waals surface area contributed by atoms with Gasteiger partial charge in [-0.25, -0.2) is 9.79 Å². The molecule has 5 nitrogen and oxygen atoms in total. The van der Waals surface area contributed by atoms with E-state index >= 15 is 0 Å². The molecule has 1 heterocycles. The van der Waals surface area contributed by atoms with Crippen molar-refractivity contribution < 1.29 is 19.0 Å². The monoisotopic (exact) mass is 483 g/mol. The van der Waals surface area contributed by atoms with Crippen LogP contribution in [-0.4, -0.2) is 18.5 Å². The van der Waals surface area contributed by atoms with E-state index in [0.29, 0.717) is 35.3 Å². The highest BCUT2D eigenvalue weighted by molar-refractivity contribution is 6.32. The van der Waals surface area contributed by atoms with Crippen molar-refractivity contribution in [2.45, 2.75) is 13.5 Å².